The van der Waals surface area contributed by atoms with Crippen LogP contribution in [-0.2, 0) is 22.6 Å². The Balaban J connectivity index is 1.41. The average Bonchev–Trinajstić information content (AvgIpc) is 2.83. The lowest BCUT2D eigenvalue weighted by atomic mass is 9.92. The minimum atomic E-state index is -0.933. The third-order valence-electron chi connectivity index (χ3n) is 6.33. The number of aromatic amines is 1. The molecule has 0 radical (unpaired) electrons. The standard InChI is InChI=1S/C26H25N5O3/c1-15(2)16-7-9-19(10-8-16)27-24(33)20-13-21(32)28-23-22(20)25(34)30-26(29-23)31-12-11-17-5-3-4-6-18(17)14-31/h3-10,20H,1,11-14H2,2H3,(H,27,33)(H2,28,29,30,32,34). The van der Waals surface area contributed by atoms with Crippen molar-refractivity contribution in [2.45, 2.75) is 32.2 Å². The van der Waals surface area contributed by atoms with Crippen molar-refractivity contribution in [2.75, 3.05) is 22.1 Å². The van der Waals surface area contributed by atoms with Gasteiger partial charge in [-0.25, -0.2) is 0 Å². The monoisotopic (exact) mass is 455 g/mol. The van der Waals surface area contributed by atoms with Crippen molar-refractivity contribution in [2.24, 2.45) is 0 Å². The highest BCUT2D eigenvalue weighted by Crippen LogP contribution is 2.31. The molecule has 5 rings (SSSR count). The summed E-state index contributed by atoms with van der Waals surface area (Å²) in [5.41, 5.74) is 4.67. The number of carbonyl (C=O) groups excluding carboxylic acids is 2. The number of nitrogens with zero attached hydrogens (tertiary/aromatic N) is 2. The number of aromatic nitrogens is 2. The molecule has 0 fully saturated rings. The van der Waals surface area contributed by atoms with Crippen molar-refractivity contribution in [1.29, 1.82) is 0 Å². The van der Waals surface area contributed by atoms with E-state index >= 15 is 0 Å². The minimum absolute atomic E-state index is 0.121. The SMILES string of the molecule is C=C(C)c1ccc(NC(=O)C2CC(=O)Nc3nc(N4CCc5ccccc5C4)[nH]c(=O)c32)cc1. The van der Waals surface area contributed by atoms with Crippen molar-refractivity contribution in [3.8, 4) is 0 Å². The fourth-order valence-corrected chi connectivity index (χ4v) is 4.48. The van der Waals surface area contributed by atoms with Crippen molar-refractivity contribution in [3.05, 3.63) is 87.7 Å². The van der Waals surface area contributed by atoms with Gasteiger partial charge in [0.15, 0.2) is 0 Å². The lowest BCUT2D eigenvalue weighted by Crippen LogP contribution is -2.38. The summed E-state index contributed by atoms with van der Waals surface area (Å²) < 4.78 is 0. The lowest BCUT2D eigenvalue weighted by Gasteiger charge is -2.30. The molecule has 2 aliphatic rings. The van der Waals surface area contributed by atoms with Gasteiger partial charge in [0, 0.05) is 25.2 Å². The minimum Gasteiger partial charge on any atom is -0.338 e. The van der Waals surface area contributed by atoms with E-state index in [1.165, 1.54) is 11.1 Å². The number of amides is 2. The van der Waals surface area contributed by atoms with Gasteiger partial charge in [-0.1, -0.05) is 48.6 Å². The number of carbonyl (C=O) groups is 2. The van der Waals surface area contributed by atoms with Gasteiger partial charge in [-0.05, 0) is 42.2 Å². The second-order valence-corrected chi connectivity index (χ2v) is 8.74. The molecular formula is C26H25N5O3. The van der Waals surface area contributed by atoms with Gasteiger partial charge in [-0.2, -0.15) is 4.98 Å². The average molecular weight is 456 g/mol. The van der Waals surface area contributed by atoms with Crippen molar-refractivity contribution >= 4 is 34.8 Å². The van der Waals surface area contributed by atoms with E-state index in [0.717, 1.165) is 17.6 Å². The molecule has 1 unspecified atom stereocenters. The molecule has 34 heavy (non-hydrogen) atoms. The molecule has 0 bridgehead atoms. The summed E-state index contributed by atoms with van der Waals surface area (Å²) >= 11 is 0. The highest BCUT2D eigenvalue weighted by atomic mass is 16.2. The number of hydrogen-bond donors (Lipinski definition) is 3. The van der Waals surface area contributed by atoms with Gasteiger partial charge in [0.05, 0.1) is 11.5 Å². The summed E-state index contributed by atoms with van der Waals surface area (Å²) in [5, 5.41) is 5.50. The first-order chi connectivity index (χ1) is 16.4. The number of H-pyrrole nitrogens is 1. The summed E-state index contributed by atoms with van der Waals surface area (Å²) in [4.78, 5) is 47.9. The number of nitrogens with one attached hydrogen (secondary N) is 3. The molecule has 0 spiro atoms. The second kappa shape index (κ2) is 8.62. The molecule has 0 aliphatic carbocycles. The maximum Gasteiger partial charge on any atom is 0.258 e. The largest absolute Gasteiger partial charge is 0.338 e. The molecule has 0 saturated carbocycles. The van der Waals surface area contributed by atoms with Gasteiger partial charge >= 0.3 is 0 Å². The van der Waals surface area contributed by atoms with Gasteiger partial charge < -0.3 is 15.5 Å². The molecule has 8 nitrogen and oxygen atoms in total. The highest BCUT2D eigenvalue weighted by Gasteiger charge is 2.35. The van der Waals surface area contributed by atoms with Gasteiger partial charge in [-0.15, -0.1) is 0 Å². The third-order valence-corrected chi connectivity index (χ3v) is 6.33. The van der Waals surface area contributed by atoms with Crippen LogP contribution in [0.5, 0.6) is 0 Å². The van der Waals surface area contributed by atoms with E-state index in [2.05, 4.69) is 39.3 Å². The van der Waals surface area contributed by atoms with E-state index in [1.54, 1.807) is 12.1 Å². The molecule has 2 aromatic carbocycles. The maximum atomic E-state index is 13.1. The smallest absolute Gasteiger partial charge is 0.258 e. The van der Waals surface area contributed by atoms with Crippen LogP contribution in [0.25, 0.3) is 5.57 Å². The number of fused-ring (bicyclic) bond motifs is 2. The Morgan fingerprint density at radius 3 is 2.59 bits per heavy atom. The van der Waals surface area contributed by atoms with Crippen LogP contribution in [0.1, 0.15) is 41.5 Å². The van der Waals surface area contributed by atoms with E-state index in [0.29, 0.717) is 24.7 Å². The first kappa shape index (κ1) is 21.6. The summed E-state index contributed by atoms with van der Waals surface area (Å²) in [7, 11) is 0. The van der Waals surface area contributed by atoms with E-state index in [1.807, 2.05) is 36.1 Å². The van der Waals surface area contributed by atoms with Crippen molar-refractivity contribution in [1.82, 2.24) is 9.97 Å². The predicted octanol–water partition coefficient (Wildman–Crippen LogP) is 3.43. The van der Waals surface area contributed by atoms with E-state index < -0.39 is 17.4 Å². The first-order valence-corrected chi connectivity index (χ1v) is 11.2. The molecule has 1 atom stereocenters. The zero-order valence-corrected chi connectivity index (χ0v) is 18.9. The van der Waals surface area contributed by atoms with Crippen LogP contribution in [-0.4, -0.2) is 28.3 Å². The Morgan fingerprint density at radius 1 is 1.12 bits per heavy atom. The van der Waals surface area contributed by atoms with Crippen LogP contribution in [0.15, 0.2) is 59.9 Å². The second-order valence-electron chi connectivity index (χ2n) is 8.74. The van der Waals surface area contributed by atoms with Gasteiger partial charge in [0.2, 0.25) is 17.8 Å². The van der Waals surface area contributed by atoms with Gasteiger partial charge in [0.1, 0.15) is 5.82 Å². The fourth-order valence-electron chi connectivity index (χ4n) is 4.48. The van der Waals surface area contributed by atoms with Gasteiger partial charge in [0.25, 0.3) is 5.56 Å². The molecule has 1 aromatic heterocycles. The number of benzene rings is 2. The van der Waals surface area contributed by atoms with Crippen LogP contribution in [0.3, 0.4) is 0 Å². The molecule has 0 saturated heterocycles. The Hall–Kier alpha value is -4.20. The molecule has 172 valence electrons. The molecular weight excluding hydrogens is 430 g/mol. The lowest BCUT2D eigenvalue weighted by molar-refractivity contribution is -0.123. The molecule has 2 aliphatic heterocycles. The first-order valence-electron chi connectivity index (χ1n) is 11.2. The normalized spacial score (nSPS) is 16.8. The van der Waals surface area contributed by atoms with Crippen molar-refractivity contribution < 1.29 is 9.59 Å². The number of hydrogen-bond acceptors (Lipinski definition) is 5. The molecule has 8 heteroatoms. The number of rotatable bonds is 4. The Labute approximate surface area is 196 Å². The van der Waals surface area contributed by atoms with Crippen molar-refractivity contribution in [3.63, 3.8) is 0 Å². The Morgan fingerprint density at radius 2 is 1.85 bits per heavy atom. The van der Waals surface area contributed by atoms with Crippen LogP contribution in [0.4, 0.5) is 17.5 Å². The Kier molecular flexibility index (Phi) is 5.49. The number of allylic oxidation sites excluding steroid dienone is 1. The van der Waals surface area contributed by atoms with Crippen LogP contribution in [0, 0.1) is 0 Å². The maximum absolute atomic E-state index is 13.1. The summed E-state index contributed by atoms with van der Waals surface area (Å²) in [6.45, 7) is 7.11. The summed E-state index contributed by atoms with van der Waals surface area (Å²) in [5.74, 6) is -1.18. The number of anilines is 3. The fraction of sp³-hybridized carbons (Fsp3) is 0.231. The third kappa shape index (κ3) is 4.10. The Bertz CT molecular complexity index is 1360. The summed E-state index contributed by atoms with van der Waals surface area (Å²) in [6.07, 6.45) is 0.711. The quantitative estimate of drug-likeness (QED) is 0.559. The predicted molar refractivity (Wildman–Crippen MR) is 132 cm³/mol. The van der Waals surface area contributed by atoms with E-state index in [4.69, 9.17) is 0 Å². The topological polar surface area (TPSA) is 107 Å². The van der Waals surface area contributed by atoms with Crippen LogP contribution < -0.4 is 21.1 Å². The molecule has 3 heterocycles. The van der Waals surface area contributed by atoms with E-state index in [9.17, 15) is 14.4 Å². The zero-order chi connectivity index (χ0) is 23.8. The van der Waals surface area contributed by atoms with Crippen LogP contribution in [0.2, 0.25) is 0 Å². The van der Waals surface area contributed by atoms with Crippen LogP contribution >= 0.6 is 0 Å². The summed E-state index contributed by atoms with van der Waals surface area (Å²) in [6, 6.07) is 15.4. The molecule has 3 N–H and O–H groups in total. The molecule has 2 amide bonds. The van der Waals surface area contributed by atoms with Gasteiger partial charge in [-0.3, -0.25) is 19.4 Å². The highest BCUT2D eigenvalue weighted by molar-refractivity contribution is 6.04. The molecule has 3 aromatic rings. The van der Waals surface area contributed by atoms with E-state index in [-0.39, 0.29) is 23.7 Å². The zero-order valence-electron chi connectivity index (χ0n) is 18.9.